The highest BCUT2D eigenvalue weighted by Crippen LogP contribution is 2.27. The van der Waals surface area contributed by atoms with Gasteiger partial charge in [-0.25, -0.2) is 4.31 Å². The van der Waals surface area contributed by atoms with Crippen LogP contribution in [0.25, 0.3) is 10.8 Å². The number of thiol groups is 1. The summed E-state index contributed by atoms with van der Waals surface area (Å²) in [6.07, 6.45) is 6.93. The van der Waals surface area contributed by atoms with E-state index in [0.29, 0.717) is 12.1 Å². The predicted molar refractivity (Wildman–Crippen MR) is 96.0 cm³/mol. The molecule has 5 rings (SSSR count). The molecule has 0 spiro atoms. The summed E-state index contributed by atoms with van der Waals surface area (Å²) in [4.78, 5) is 2.64. The van der Waals surface area contributed by atoms with Crippen molar-refractivity contribution in [2.75, 3.05) is 13.1 Å². The number of nitrogens with zero attached hydrogens (tertiary/aromatic N) is 2. The van der Waals surface area contributed by atoms with Crippen LogP contribution >= 0.6 is 12.8 Å². The first kappa shape index (κ1) is 14.3. The zero-order valence-corrected chi connectivity index (χ0v) is 13.6. The van der Waals surface area contributed by atoms with Crippen molar-refractivity contribution in [1.82, 2.24) is 9.21 Å². The molecule has 3 aliphatic rings. The van der Waals surface area contributed by atoms with E-state index in [4.69, 9.17) is 0 Å². The standard InChI is InChI=1S/C19H22N2S/c22-21-14-18-7-3-4-8-19(21)13-20(18)12-15-9-10-16-5-1-2-6-17(16)11-15/h1-6,9-11,18-19,22H,7-8,12-14H2/b4-3-/t18-,19-/m0/s1. The van der Waals surface area contributed by atoms with E-state index in [2.05, 4.69) is 76.6 Å². The highest BCUT2D eigenvalue weighted by Gasteiger charge is 2.32. The van der Waals surface area contributed by atoms with Crippen molar-refractivity contribution in [2.24, 2.45) is 0 Å². The van der Waals surface area contributed by atoms with E-state index in [-0.39, 0.29) is 0 Å². The van der Waals surface area contributed by atoms with Gasteiger partial charge in [-0.1, -0.05) is 61.4 Å². The highest BCUT2D eigenvalue weighted by molar-refractivity contribution is 7.77. The molecule has 0 aromatic heterocycles. The zero-order chi connectivity index (χ0) is 14.9. The van der Waals surface area contributed by atoms with E-state index in [1.165, 1.54) is 16.3 Å². The summed E-state index contributed by atoms with van der Waals surface area (Å²) in [5.41, 5.74) is 1.42. The molecule has 2 nitrogen and oxygen atoms in total. The minimum atomic E-state index is 0.539. The van der Waals surface area contributed by atoms with Crippen molar-refractivity contribution in [1.29, 1.82) is 0 Å². The smallest absolute Gasteiger partial charge is 0.0362 e. The Hall–Kier alpha value is -1.29. The third-order valence-corrected chi connectivity index (χ3v) is 5.45. The summed E-state index contributed by atoms with van der Waals surface area (Å²) in [6, 6.07) is 16.6. The molecule has 3 aliphatic heterocycles. The SMILES string of the molecule is SN1C[C@@H]2C/C=C\C[C@H]1CN2Cc1ccc2ccccc2c1. The second kappa shape index (κ2) is 6.07. The van der Waals surface area contributed by atoms with Gasteiger partial charge in [0.15, 0.2) is 0 Å². The lowest BCUT2D eigenvalue weighted by molar-refractivity contribution is 0.0761. The summed E-state index contributed by atoms with van der Waals surface area (Å²) in [6.45, 7) is 3.22. The fraction of sp³-hybridized carbons (Fsp3) is 0.368. The Labute approximate surface area is 138 Å². The van der Waals surface area contributed by atoms with Crippen LogP contribution in [-0.4, -0.2) is 34.4 Å². The maximum atomic E-state index is 4.67. The summed E-state index contributed by atoms with van der Waals surface area (Å²) in [5.74, 6) is 0. The minimum absolute atomic E-state index is 0.539. The Kier molecular flexibility index (Phi) is 3.95. The number of piperazine rings is 1. The maximum Gasteiger partial charge on any atom is 0.0362 e. The average molecular weight is 310 g/mol. The number of rotatable bonds is 2. The third kappa shape index (κ3) is 2.81. The Morgan fingerprint density at radius 1 is 0.909 bits per heavy atom. The molecule has 2 atom stereocenters. The van der Waals surface area contributed by atoms with E-state index in [0.717, 1.165) is 32.5 Å². The molecule has 1 saturated heterocycles. The van der Waals surface area contributed by atoms with Gasteiger partial charge in [-0.05, 0) is 35.2 Å². The second-order valence-corrected chi connectivity index (χ2v) is 7.00. The van der Waals surface area contributed by atoms with Gasteiger partial charge in [0, 0.05) is 31.7 Å². The first-order chi connectivity index (χ1) is 10.8. The van der Waals surface area contributed by atoms with Crippen LogP contribution in [0.1, 0.15) is 18.4 Å². The molecule has 3 heteroatoms. The van der Waals surface area contributed by atoms with Gasteiger partial charge in [-0.2, -0.15) is 0 Å². The highest BCUT2D eigenvalue weighted by atomic mass is 32.1. The van der Waals surface area contributed by atoms with Gasteiger partial charge in [0.05, 0.1) is 0 Å². The average Bonchev–Trinajstić information content (AvgIpc) is 2.51. The van der Waals surface area contributed by atoms with Gasteiger partial charge >= 0.3 is 0 Å². The van der Waals surface area contributed by atoms with Gasteiger partial charge < -0.3 is 0 Å². The lowest BCUT2D eigenvalue weighted by atomic mass is 9.98. The lowest BCUT2D eigenvalue weighted by Gasteiger charge is -2.45. The number of fused-ring (bicyclic) bond motifs is 5. The lowest BCUT2D eigenvalue weighted by Crippen LogP contribution is -2.55. The molecule has 0 saturated carbocycles. The third-order valence-electron chi connectivity index (χ3n) is 4.96. The van der Waals surface area contributed by atoms with Crippen LogP contribution in [0.3, 0.4) is 0 Å². The van der Waals surface area contributed by atoms with Crippen molar-refractivity contribution < 1.29 is 0 Å². The molecule has 0 amide bonds. The number of benzene rings is 2. The summed E-state index contributed by atoms with van der Waals surface area (Å²) >= 11 is 4.67. The number of hydrogen-bond donors (Lipinski definition) is 1. The Bertz CT molecular complexity index is 697. The Morgan fingerprint density at radius 2 is 1.68 bits per heavy atom. The van der Waals surface area contributed by atoms with Crippen molar-refractivity contribution in [3.8, 4) is 0 Å². The molecule has 3 heterocycles. The quantitative estimate of drug-likeness (QED) is 0.664. The Morgan fingerprint density at radius 3 is 2.55 bits per heavy atom. The topological polar surface area (TPSA) is 6.48 Å². The van der Waals surface area contributed by atoms with Crippen molar-refractivity contribution in [3.05, 3.63) is 60.2 Å². The van der Waals surface area contributed by atoms with E-state index >= 15 is 0 Å². The molecule has 114 valence electrons. The first-order valence-corrected chi connectivity index (χ1v) is 8.52. The first-order valence-electron chi connectivity index (χ1n) is 8.12. The molecule has 2 aromatic rings. The van der Waals surface area contributed by atoms with Crippen molar-refractivity contribution >= 4 is 23.6 Å². The van der Waals surface area contributed by atoms with Crippen LogP contribution in [0.5, 0.6) is 0 Å². The van der Waals surface area contributed by atoms with Crippen molar-refractivity contribution in [2.45, 2.75) is 31.5 Å². The Balaban J connectivity index is 1.58. The van der Waals surface area contributed by atoms with Gasteiger partial charge in [0.1, 0.15) is 0 Å². The van der Waals surface area contributed by atoms with Crippen LogP contribution < -0.4 is 0 Å². The molecule has 0 unspecified atom stereocenters. The fourth-order valence-electron chi connectivity index (χ4n) is 3.69. The summed E-state index contributed by atoms with van der Waals surface area (Å²) in [7, 11) is 0. The molecular weight excluding hydrogens is 288 g/mol. The fourth-order valence-corrected chi connectivity index (χ4v) is 4.04. The molecule has 0 aliphatic carbocycles. The maximum absolute atomic E-state index is 4.67. The molecule has 0 radical (unpaired) electrons. The number of hydrogen-bond acceptors (Lipinski definition) is 3. The van der Waals surface area contributed by atoms with E-state index < -0.39 is 0 Å². The second-order valence-electron chi connectivity index (χ2n) is 6.48. The van der Waals surface area contributed by atoms with Crippen LogP contribution in [0.2, 0.25) is 0 Å². The summed E-state index contributed by atoms with van der Waals surface area (Å²) in [5, 5.41) is 2.66. The zero-order valence-electron chi connectivity index (χ0n) is 12.7. The predicted octanol–water partition coefficient (Wildman–Crippen LogP) is 3.89. The molecule has 0 N–H and O–H groups in total. The van der Waals surface area contributed by atoms with Gasteiger partial charge in [0.2, 0.25) is 0 Å². The summed E-state index contributed by atoms with van der Waals surface area (Å²) < 4.78 is 2.24. The van der Waals surface area contributed by atoms with Gasteiger partial charge in [-0.15, -0.1) is 0 Å². The molecule has 1 fully saturated rings. The van der Waals surface area contributed by atoms with Crippen molar-refractivity contribution in [3.63, 3.8) is 0 Å². The van der Waals surface area contributed by atoms with E-state index in [9.17, 15) is 0 Å². The van der Waals surface area contributed by atoms with E-state index in [1.807, 2.05) is 0 Å². The van der Waals surface area contributed by atoms with Crippen LogP contribution in [0.15, 0.2) is 54.6 Å². The molecule has 22 heavy (non-hydrogen) atoms. The monoisotopic (exact) mass is 310 g/mol. The molecule has 2 aromatic carbocycles. The van der Waals surface area contributed by atoms with Crippen LogP contribution in [-0.2, 0) is 6.54 Å². The van der Waals surface area contributed by atoms with Crippen LogP contribution in [0, 0.1) is 0 Å². The minimum Gasteiger partial charge on any atom is -0.293 e. The normalized spacial score (nSPS) is 27.7. The largest absolute Gasteiger partial charge is 0.293 e. The molecular formula is C19H22N2S. The van der Waals surface area contributed by atoms with Crippen LogP contribution in [0.4, 0.5) is 0 Å². The van der Waals surface area contributed by atoms with Gasteiger partial charge in [-0.3, -0.25) is 4.90 Å². The van der Waals surface area contributed by atoms with E-state index in [1.54, 1.807) is 0 Å². The van der Waals surface area contributed by atoms with Gasteiger partial charge in [0.25, 0.3) is 0 Å². The molecule has 2 bridgehead atoms.